The van der Waals surface area contributed by atoms with E-state index in [1.165, 1.54) is 11.2 Å². The molecule has 1 aliphatic rings. The van der Waals surface area contributed by atoms with Crippen LogP contribution >= 0.6 is 0 Å². The molecule has 1 fully saturated rings. The summed E-state index contributed by atoms with van der Waals surface area (Å²) in [5.41, 5.74) is 1.34. The highest BCUT2D eigenvalue weighted by molar-refractivity contribution is 7.90. The highest BCUT2D eigenvalue weighted by atomic mass is 32.2. The van der Waals surface area contributed by atoms with Crippen LogP contribution in [0.15, 0.2) is 34.1 Å². The normalized spacial score (nSPS) is 19.0. The molecular formula is C20H29N3O4S2. The van der Waals surface area contributed by atoms with E-state index in [9.17, 15) is 16.8 Å². The minimum atomic E-state index is -3.99. The van der Waals surface area contributed by atoms with Gasteiger partial charge < -0.3 is 0 Å². The van der Waals surface area contributed by atoms with Crippen LogP contribution in [0.3, 0.4) is 0 Å². The molecule has 1 aromatic heterocycles. The predicted molar refractivity (Wildman–Crippen MR) is 112 cm³/mol. The first-order valence-corrected chi connectivity index (χ1v) is 12.8. The van der Waals surface area contributed by atoms with Crippen molar-refractivity contribution in [1.29, 1.82) is 0 Å². The van der Waals surface area contributed by atoms with Crippen molar-refractivity contribution in [3.8, 4) is 0 Å². The van der Waals surface area contributed by atoms with Crippen LogP contribution in [0.25, 0.3) is 0 Å². The Balaban J connectivity index is 2.05. The van der Waals surface area contributed by atoms with Gasteiger partial charge in [-0.2, -0.15) is 21.9 Å². The molecule has 1 aliphatic heterocycles. The Labute approximate surface area is 173 Å². The lowest BCUT2D eigenvalue weighted by Gasteiger charge is -2.30. The topological polar surface area (TPSA) is 89.3 Å². The number of nitrogens with zero attached hydrogens (tertiary/aromatic N) is 3. The van der Waals surface area contributed by atoms with Crippen molar-refractivity contribution in [1.82, 2.24) is 13.5 Å². The highest BCUT2D eigenvalue weighted by Crippen LogP contribution is 2.29. The van der Waals surface area contributed by atoms with E-state index in [2.05, 4.69) is 5.10 Å². The van der Waals surface area contributed by atoms with Gasteiger partial charge in [0.1, 0.15) is 4.90 Å². The van der Waals surface area contributed by atoms with E-state index in [-0.39, 0.29) is 33.0 Å². The molecule has 2 heterocycles. The zero-order valence-corrected chi connectivity index (χ0v) is 19.2. The Morgan fingerprint density at radius 3 is 2.21 bits per heavy atom. The van der Waals surface area contributed by atoms with E-state index < -0.39 is 20.0 Å². The lowest BCUT2D eigenvalue weighted by molar-refractivity contribution is 0.281. The summed E-state index contributed by atoms with van der Waals surface area (Å²) in [6.45, 7) is 10.0. The van der Waals surface area contributed by atoms with E-state index >= 15 is 0 Å². The van der Waals surface area contributed by atoms with Crippen LogP contribution in [0.5, 0.6) is 0 Å². The Morgan fingerprint density at radius 1 is 1.03 bits per heavy atom. The maximum Gasteiger partial charge on any atom is 0.283 e. The summed E-state index contributed by atoms with van der Waals surface area (Å²) in [6.07, 6.45) is 1.79. The van der Waals surface area contributed by atoms with Gasteiger partial charge >= 0.3 is 0 Å². The van der Waals surface area contributed by atoms with Gasteiger partial charge in [0.15, 0.2) is 0 Å². The Bertz CT molecular complexity index is 1100. The van der Waals surface area contributed by atoms with E-state index in [1.807, 2.05) is 20.8 Å². The second kappa shape index (κ2) is 7.85. The van der Waals surface area contributed by atoms with Gasteiger partial charge in [0.2, 0.25) is 10.0 Å². The Hall–Kier alpha value is -1.71. The number of sulfonamides is 1. The fourth-order valence-electron chi connectivity index (χ4n) is 3.83. The summed E-state index contributed by atoms with van der Waals surface area (Å²) < 4.78 is 55.1. The van der Waals surface area contributed by atoms with Crippen LogP contribution in [-0.4, -0.2) is 43.4 Å². The third-order valence-electron chi connectivity index (χ3n) is 5.47. The van der Waals surface area contributed by atoms with E-state index in [0.717, 1.165) is 22.5 Å². The second-order valence-corrected chi connectivity index (χ2v) is 11.8. The molecule has 0 bridgehead atoms. The van der Waals surface area contributed by atoms with Crippen LogP contribution < -0.4 is 0 Å². The molecule has 2 aromatic rings. The van der Waals surface area contributed by atoms with Crippen molar-refractivity contribution >= 4 is 20.0 Å². The molecule has 0 N–H and O–H groups in total. The third-order valence-corrected chi connectivity index (χ3v) is 9.27. The molecule has 1 unspecified atom stereocenters. The fraction of sp³-hybridized carbons (Fsp3) is 0.550. The first-order valence-electron chi connectivity index (χ1n) is 9.88. The lowest BCUT2D eigenvalue weighted by atomic mass is 10.0. The smallest absolute Gasteiger partial charge is 0.207 e. The number of benzene rings is 1. The highest BCUT2D eigenvalue weighted by Gasteiger charge is 2.35. The summed E-state index contributed by atoms with van der Waals surface area (Å²) in [6, 6.07) is 6.63. The summed E-state index contributed by atoms with van der Waals surface area (Å²) in [7, 11) is -7.80. The van der Waals surface area contributed by atoms with Gasteiger partial charge in [-0.25, -0.2) is 8.42 Å². The largest absolute Gasteiger partial charge is 0.283 e. The number of piperidine rings is 1. The molecule has 9 heteroatoms. The second-order valence-electron chi connectivity index (χ2n) is 8.18. The quantitative estimate of drug-likeness (QED) is 0.713. The molecule has 160 valence electrons. The van der Waals surface area contributed by atoms with Gasteiger partial charge in [-0.1, -0.05) is 32.9 Å². The monoisotopic (exact) mass is 439 g/mol. The van der Waals surface area contributed by atoms with Crippen LogP contribution in [0.4, 0.5) is 0 Å². The van der Waals surface area contributed by atoms with Crippen molar-refractivity contribution in [2.45, 2.75) is 63.2 Å². The molecule has 1 saturated heterocycles. The van der Waals surface area contributed by atoms with Crippen LogP contribution in [0.2, 0.25) is 0 Å². The number of aryl methyl sites for hydroxylation is 1. The van der Waals surface area contributed by atoms with Crippen molar-refractivity contribution < 1.29 is 16.8 Å². The third kappa shape index (κ3) is 4.00. The number of hydrogen-bond acceptors (Lipinski definition) is 5. The first kappa shape index (κ1) is 22.0. The lowest BCUT2D eigenvalue weighted by Crippen LogP contribution is -2.39. The van der Waals surface area contributed by atoms with Crippen LogP contribution in [0.1, 0.15) is 56.5 Å². The Kier molecular flexibility index (Phi) is 5.95. The number of rotatable bonds is 5. The minimum absolute atomic E-state index is 0.00558. The molecule has 0 spiro atoms. The zero-order chi connectivity index (χ0) is 21.6. The van der Waals surface area contributed by atoms with Gasteiger partial charge in [-0.15, -0.1) is 0 Å². The van der Waals surface area contributed by atoms with E-state index in [4.69, 9.17) is 0 Å². The Morgan fingerprint density at radius 2 is 1.66 bits per heavy atom. The molecule has 1 atom stereocenters. The maximum atomic E-state index is 13.2. The molecule has 3 rings (SSSR count). The van der Waals surface area contributed by atoms with Gasteiger partial charge in [-0.05, 0) is 56.2 Å². The molecule has 1 aromatic carbocycles. The zero-order valence-electron chi connectivity index (χ0n) is 17.6. The SMILES string of the molecule is Cc1nn(S(=O)(=O)c2ccc(C(C)C)cc2)c(C)c1S(=O)(=O)N1CCCC(C)C1. The predicted octanol–water partition coefficient (Wildman–Crippen LogP) is 3.28. The van der Waals surface area contributed by atoms with Crippen molar-refractivity contribution in [2.24, 2.45) is 5.92 Å². The minimum Gasteiger partial charge on any atom is -0.207 e. The molecule has 0 aliphatic carbocycles. The van der Waals surface area contributed by atoms with Crippen LogP contribution in [0, 0.1) is 19.8 Å². The average molecular weight is 440 g/mol. The van der Waals surface area contributed by atoms with Gasteiger partial charge in [0.05, 0.1) is 16.3 Å². The van der Waals surface area contributed by atoms with Crippen molar-refractivity contribution in [3.63, 3.8) is 0 Å². The van der Waals surface area contributed by atoms with Gasteiger partial charge in [-0.3, -0.25) is 0 Å². The van der Waals surface area contributed by atoms with Crippen molar-refractivity contribution in [3.05, 3.63) is 41.2 Å². The number of aromatic nitrogens is 2. The van der Waals surface area contributed by atoms with Gasteiger partial charge in [0.25, 0.3) is 10.0 Å². The van der Waals surface area contributed by atoms with Crippen molar-refractivity contribution in [2.75, 3.05) is 13.1 Å². The standard InChI is InChI=1S/C20H29N3O4S2/c1-14(2)18-8-10-19(11-9-18)28(24,25)23-17(5)20(16(4)21-23)29(26,27)22-12-6-7-15(3)13-22/h8-11,14-15H,6-7,12-13H2,1-5H3. The molecule has 0 saturated carbocycles. The summed E-state index contributed by atoms with van der Waals surface area (Å²) in [5.74, 6) is 0.557. The maximum absolute atomic E-state index is 13.2. The number of hydrogen-bond donors (Lipinski definition) is 0. The molecule has 0 radical (unpaired) electrons. The van der Waals surface area contributed by atoms with Crippen LogP contribution in [-0.2, 0) is 20.0 Å². The molecule has 0 amide bonds. The van der Waals surface area contributed by atoms with E-state index in [0.29, 0.717) is 13.1 Å². The van der Waals surface area contributed by atoms with Gasteiger partial charge in [0, 0.05) is 13.1 Å². The molecular weight excluding hydrogens is 410 g/mol. The molecule has 29 heavy (non-hydrogen) atoms. The first-order chi connectivity index (χ1) is 13.5. The summed E-state index contributed by atoms with van der Waals surface area (Å²) >= 11 is 0. The molecule has 7 nitrogen and oxygen atoms in total. The fourth-order valence-corrected chi connectivity index (χ4v) is 7.20. The van der Waals surface area contributed by atoms with E-state index in [1.54, 1.807) is 31.2 Å². The summed E-state index contributed by atoms with van der Waals surface area (Å²) in [4.78, 5) is 0.0806. The summed E-state index contributed by atoms with van der Waals surface area (Å²) in [5, 5.41) is 4.12. The average Bonchev–Trinajstić information content (AvgIpc) is 2.97.